The highest BCUT2D eigenvalue weighted by atomic mass is 16.5. The lowest BCUT2D eigenvalue weighted by molar-refractivity contribution is 0.102. The van der Waals surface area contributed by atoms with E-state index in [0.29, 0.717) is 23.9 Å². The van der Waals surface area contributed by atoms with Crippen LogP contribution in [0.3, 0.4) is 0 Å². The molecule has 1 aromatic heterocycles. The van der Waals surface area contributed by atoms with Crippen LogP contribution in [0, 0.1) is 20.8 Å². The zero-order valence-corrected chi connectivity index (χ0v) is 16.5. The summed E-state index contributed by atoms with van der Waals surface area (Å²) >= 11 is 0. The largest absolute Gasteiger partial charge is 0.496 e. The Morgan fingerprint density at radius 1 is 1.04 bits per heavy atom. The van der Waals surface area contributed by atoms with Crippen molar-refractivity contribution in [2.75, 3.05) is 17.7 Å². The molecule has 0 atom stereocenters. The summed E-state index contributed by atoms with van der Waals surface area (Å²) in [5.74, 6) is 0.921. The van der Waals surface area contributed by atoms with Crippen LogP contribution in [0.25, 0.3) is 0 Å². The van der Waals surface area contributed by atoms with Gasteiger partial charge in [0.05, 0.1) is 7.11 Å². The average Bonchev–Trinajstić information content (AvgIpc) is 2.68. The molecule has 0 radical (unpaired) electrons. The van der Waals surface area contributed by atoms with Crippen LogP contribution in [-0.2, 0) is 6.54 Å². The van der Waals surface area contributed by atoms with E-state index in [9.17, 15) is 4.79 Å². The van der Waals surface area contributed by atoms with Crippen molar-refractivity contribution in [3.05, 3.63) is 76.6 Å². The van der Waals surface area contributed by atoms with E-state index in [-0.39, 0.29) is 5.91 Å². The molecule has 0 saturated heterocycles. The van der Waals surface area contributed by atoms with Gasteiger partial charge in [0, 0.05) is 23.5 Å². The molecule has 3 aromatic rings. The van der Waals surface area contributed by atoms with Crippen molar-refractivity contribution in [1.29, 1.82) is 0 Å². The van der Waals surface area contributed by atoms with Crippen molar-refractivity contribution in [3.63, 3.8) is 0 Å². The molecule has 6 heteroatoms. The first-order valence-corrected chi connectivity index (χ1v) is 9.06. The van der Waals surface area contributed by atoms with Crippen LogP contribution < -0.4 is 15.4 Å². The highest BCUT2D eigenvalue weighted by Crippen LogP contribution is 2.19. The predicted molar refractivity (Wildman–Crippen MR) is 111 cm³/mol. The summed E-state index contributed by atoms with van der Waals surface area (Å²) in [4.78, 5) is 21.4. The van der Waals surface area contributed by atoms with E-state index >= 15 is 0 Å². The van der Waals surface area contributed by atoms with Gasteiger partial charge in [0.1, 0.15) is 11.4 Å². The number of para-hydroxylation sites is 1. The quantitative estimate of drug-likeness (QED) is 0.672. The summed E-state index contributed by atoms with van der Waals surface area (Å²) in [6, 6.07) is 15.3. The first-order valence-electron chi connectivity index (χ1n) is 9.06. The van der Waals surface area contributed by atoms with E-state index < -0.39 is 0 Å². The number of benzene rings is 2. The fourth-order valence-corrected chi connectivity index (χ4v) is 2.93. The number of anilines is 2. The van der Waals surface area contributed by atoms with Gasteiger partial charge in [0.25, 0.3) is 5.91 Å². The molecule has 0 spiro atoms. The molecule has 0 bridgehead atoms. The number of aryl methyl sites for hydroxylation is 3. The van der Waals surface area contributed by atoms with Gasteiger partial charge in [-0.15, -0.1) is 0 Å². The van der Waals surface area contributed by atoms with Crippen LogP contribution in [-0.4, -0.2) is 23.0 Å². The molecule has 28 heavy (non-hydrogen) atoms. The highest BCUT2D eigenvalue weighted by molar-refractivity contribution is 6.03. The molecule has 1 heterocycles. The molecule has 1 amide bonds. The van der Waals surface area contributed by atoms with Gasteiger partial charge in [0.15, 0.2) is 0 Å². The van der Waals surface area contributed by atoms with Gasteiger partial charge in [-0.2, -0.15) is 0 Å². The molecule has 6 nitrogen and oxygen atoms in total. The number of amides is 1. The number of ether oxygens (including phenoxy) is 1. The number of rotatable bonds is 6. The molecule has 0 aliphatic heterocycles. The Labute approximate surface area is 165 Å². The smallest absolute Gasteiger partial charge is 0.274 e. The van der Waals surface area contributed by atoms with Crippen molar-refractivity contribution in [2.24, 2.45) is 0 Å². The first kappa shape index (κ1) is 19.4. The normalized spacial score (nSPS) is 10.4. The van der Waals surface area contributed by atoms with Gasteiger partial charge in [0.2, 0.25) is 5.95 Å². The third-order valence-electron chi connectivity index (χ3n) is 4.35. The number of carbonyl (C=O) groups excluding carboxylic acids is 1. The molecule has 3 rings (SSSR count). The van der Waals surface area contributed by atoms with Gasteiger partial charge < -0.3 is 15.4 Å². The maximum Gasteiger partial charge on any atom is 0.274 e. The highest BCUT2D eigenvalue weighted by Gasteiger charge is 2.12. The third-order valence-corrected chi connectivity index (χ3v) is 4.35. The topological polar surface area (TPSA) is 76.1 Å². The molecule has 0 fully saturated rings. The van der Waals surface area contributed by atoms with E-state index in [2.05, 4.69) is 20.6 Å². The minimum atomic E-state index is -0.266. The zero-order valence-electron chi connectivity index (χ0n) is 16.5. The molecule has 0 aliphatic rings. The number of methoxy groups -OCH3 is 1. The summed E-state index contributed by atoms with van der Waals surface area (Å²) in [7, 11) is 1.64. The Balaban J connectivity index is 1.76. The van der Waals surface area contributed by atoms with Crippen LogP contribution in [0.2, 0.25) is 0 Å². The Morgan fingerprint density at radius 3 is 2.57 bits per heavy atom. The second-order valence-corrected chi connectivity index (χ2v) is 6.66. The number of nitrogens with one attached hydrogen (secondary N) is 2. The van der Waals surface area contributed by atoms with Crippen molar-refractivity contribution in [3.8, 4) is 5.75 Å². The fraction of sp³-hybridized carbons (Fsp3) is 0.227. The first-order chi connectivity index (χ1) is 13.5. The molecular formula is C22H24N4O2. The molecule has 0 saturated carbocycles. The van der Waals surface area contributed by atoms with Crippen LogP contribution in [0.4, 0.5) is 11.6 Å². The Hall–Kier alpha value is -3.41. The summed E-state index contributed by atoms with van der Waals surface area (Å²) in [6.45, 7) is 6.32. The lowest BCUT2D eigenvalue weighted by atomic mass is 10.1. The summed E-state index contributed by atoms with van der Waals surface area (Å²) in [5, 5.41) is 6.10. The van der Waals surface area contributed by atoms with Crippen LogP contribution in [0.1, 0.15) is 32.9 Å². The summed E-state index contributed by atoms with van der Waals surface area (Å²) < 4.78 is 5.36. The van der Waals surface area contributed by atoms with Crippen LogP contribution in [0.5, 0.6) is 5.75 Å². The van der Waals surface area contributed by atoms with Crippen LogP contribution in [0.15, 0.2) is 48.5 Å². The Bertz CT molecular complexity index is 1000. The van der Waals surface area contributed by atoms with Crippen molar-refractivity contribution in [1.82, 2.24) is 9.97 Å². The molecule has 144 valence electrons. The average molecular weight is 376 g/mol. The number of nitrogens with zero attached hydrogens (tertiary/aromatic N) is 2. The molecule has 2 aromatic carbocycles. The minimum absolute atomic E-state index is 0.266. The van der Waals surface area contributed by atoms with Crippen molar-refractivity contribution < 1.29 is 9.53 Å². The van der Waals surface area contributed by atoms with E-state index in [4.69, 9.17) is 4.74 Å². The van der Waals surface area contributed by atoms with Gasteiger partial charge in [-0.1, -0.05) is 35.9 Å². The monoisotopic (exact) mass is 376 g/mol. The number of hydrogen-bond donors (Lipinski definition) is 2. The number of hydrogen-bond acceptors (Lipinski definition) is 5. The Morgan fingerprint density at radius 2 is 1.82 bits per heavy atom. The molecular weight excluding hydrogens is 352 g/mol. The summed E-state index contributed by atoms with van der Waals surface area (Å²) in [5.41, 5.74) is 4.94. The molecule has 2 N–H and O–H groups in total. The number of carbonyl (C=O) groups is 1. The van der Waals surface area contributed by atoms with Gasteiger partial charge in [-0.05, 0) is 44.5 Å². The lowest BCUT2D eigenvalue weighted by Gasteiger charge is -2.12. The van der Waals surface area contributed by atoms with Gasteiger partial charge in [-0.25, -0.2) is 9.97 Å². The number of aromatic nitrogens is 2. The third kappa shape index (κ3) is 4.65. The van der Waals surface area contributed by atoms with Crippen molar-refractivity contribution in [2.45, 2.75) is 27.3 Å². The second-order valence-electron chi connectivity index (χ2n) is 6.66. The molecule has 0 aliphatic carbocycles. The second kappa shape index (κ2) is 8.52. The van der Waals surface area contributed by atoms with E-state index in [1.54, 1.807) is 13.2 Å². The summed E-state index contributed by atoms with van der Waals surface area (Å²) in [6.07, 6.45) is 0. The maximum atomic E-state index is 12.7. The van der Waals surface area contributed by atoms with Gasteiger partial charge >= 0.3 is 0 Å². The SMILES string of the molecule is COc1ccccc1CNc1nc(C)cc(C(=O)Nc2ccc(C)cc2C)n1. The molecule has 0 unspecified atom stereocenters. The maximum absolute atomic E-state index is 12.7. The van der Waals surface area contributed by atoms with E-state index in [1.165, 1.54) is 0 Å². The standard InChI is InChI=1S/C22H24N4O2/c1-14-9-10-18(15(2)11-14)25-21(27)19-12-16(3)24-22(26-19)23-13-17-7-5-6-8-20(17)28-4/h5-12H,13H2,1-4H3,(H,25,27)(H,23,24,26). The predicted octanol–water partition coefficient (Wildman–Crippen LogP) is 4.27. The zero-order chi connectivity index (χ0) is 20.1. The van der Waals surface area contributed by atoms with E-state index in [1.807, 2.05) is 63.2 Å². The minimum Gasteiger partial charge on any atom is -0.496 e. The van der Waals surface area contributed by atoms with Gasteiger partial charge in [-0.3, -0.25) is 4.79 Å². The lowest BCUT2D eigenvalue weighted by Crippen LogP contribution is -2.17. The Kier molecular flexibility index (Phi) is 5.89. The van der Waals surface area contributed by atoms with E-state index in [0.717, 1.165) is 28.1 Å². The van der Waals surface area contributed by atoms with Crippen LogP contribution >= 0.6 is 0 Å². The fourth-order valence-electron chi connectivity index (χ4n) is 2.93. The van der Waals surface area contributed by atoms with Crippen molar-refractivity contribution >= 4 is 17.5 Å².